The maximum absolute atomic E-state index is 5.40. The van der Waals surface area contributed by atoms with Crippen LogP contribution < -0.4 is 16.2 Å². The molecule has 0 spiro atoms. The monoisotopic (exact) mass is 353 g/mol. The molecule has 3 aromatic heterocycles. The highest BCUT2D eigenvalue weighted by Crippen LogP contribution is 2.26. The third-order valence-electron chi connectivity index (χ3n) is 2.82. The summed E-state index contributed by atoms with van der Waals surface area (Å²) in [6.07, 6.45) is 1.71. The molecule has 0 unspecified atom stereocenters. The molecule has 0 amide bonds. The number of anilines is 2. The number of halogens is 1. The quantitative estimate of drug-likeness (QED) is 0.491. The smallest absolute Gasteiger partial charge is 0.241 e. The molecule has 4 N–H and O–H groups in total. The Kier molecular flexibility index (Phi) is 3.55. The number of rotatable bonds is 4. The van der Waals surface area contributed by atoms with E-state index in [0.29, 0.717) is 11.6 Å². The summed E-state index contributed by atoms with van der Waals surface area (Å²) in [7, 11) is 1.97. The summed E-state index contributed by atoms with van der Waals surface area (Å²) >= 11 is 5.13. The average Bonchev–Trinajstić information content (AvgIpc) is 3.06. The molecule has 3 rings (SSSR count). The van der Waals surface area contributed by atoms with Crippen LogP contribution in [-0.2, 0) is 6.54 Å². The number of nitrogens with two attached hydrogens (primary N) is 1. The molecule has 0 aliphatic carbocycles. The Morgan fingerprint density at radius 1 is 1.50 bits per heavy atom. The van der Waals surface area contributed by atoms with Gasteiger partial charge in [0.25, 0.3) is 0 Å². The summed E-state index contributed by atoms with van der Waals surface area (Å²) < 4.78 is 1.11. The van der Waals surface area contributed by atoms with Crippen LogP contribution in [0.25, 0.3) is 11.0 Å². The topological polar surface area (TPSA) is 95.8 Å². The Balaban J connectivity index is 1.97. The van der Waals surface area contributed by atoms with Gasteiger partial charge in [-0.1, -0.05) is 0 Å². The second-order valence-electron chi connectivity index (χ2n) is 4.26. The fraction of sp³-hybridized carbons (Fsp3) is 0.182. The van der Waals surface area contributed by atoms with E-state index >= 15 is 0 Å². The van der Waals surface area contributed by atoms with Crippen LogP contribution in [0.3, 0.4) is 0 Å². The van der Waals surface area contributed by atoms with Gasteiger partial charge in [-0.05, 0) is 32.9 Å². The highest BCUT2D eigenvalue weighted by molar-refractivity contribution is 9.11. The molecule has 0 aromatic carbocycles. The van der Waals surface area contributed by atoms with E-state index in [9.17, 15) is 0 Å². The van der Waals surface area contributed by atoms with Crippen LogP contribution in [0.5, 0.6) is 0 Å². The number of thiophene rings is 1. The largest absolute Gasteiger partial charge is 0.355 e. The third kappa shape index (κ3) is 2.47. The zero-order valence-corrected chi connectivity index (χ0v) is 13.0. The van der Waals surface area contributed by atoms with Gasteiger partial charge in [0.15, 0.2) is 5.65 Å². The summed E-state index contributed by atoms with van der Waals surface area (Å²) in [5.74, 6) is 6.54. The van der Waals surface area contributed by atoms with Crippen molar-refractivity contribution in [1.82, 2.24) is 20.2 Å². The first kappa shape index (κ1) is 13.3. The second-order valence-corrected chi connectivity index (χ2v) is 6.55. The van der Waals surface area contributed by atoms with Gasteiger partial charge in [-0.25, -0.2) is 5.84 Å². The zero-order valence-electron chi connectivity index (χ0n) is 10.6. The number of H-pyrrole nitrogens is 1. The number of aromatic amines is 1. The molecule has 20 heavy (non-hydrogen) atoms. The van der Waals surface area contributed by atoms with Gasteiger partial charge in [-0.3, -0.25) is 10.5 Å². The second kappa shape index (κ2) is 5.35. The summed E-state index contributed by atoms with van der Waals surface area (Å²) in [6, 6.07) is 2.09. The first-order valence-electron chi connectivity index (χ1n) is 5.79. The summed E-state index contributed by atoms with van der Waals surface area (Å²) in [5, 5.41) is 9.80. The van der Waals surface area contributed by atoms with Crippen LogP contribution in [-0.4, -0.2) is 27.2 Å². The molecular formula is C11H12BrN7S. The van der Waals surface area contributed by atoms with Crippen LogP contribution in [0.15, 0.2) is 21.4 Å². The van der Waals surface area contributed by atoms with Gasteiger partial charge in [0.05, 0.1) is 15.4 Å². The molecule has 0 radical (unpaired) electrons. The third-order valence-corrected chi connectivity index (χ3v) is 4.38. The van der Waals surface area contributed by atoms with Crippen LogP contribution in [0.4, 0.5) is 11.8 Å². The minimum Gasteiger partial charge on any atom is -0.355 e. The fourth-order valence-electron chi connectivity index (χ4n) is 1.95. The van der Waals surface area contributed by atoms with Crippen LogP contribution in [0.1, 0.15) is 5.56 Å². The van der Waals surface area contributed by atoms with Crippen molar-refractivity contribution >= 4 is 50.1 Å². The lowest BCUT2D eigenvalue weighted by molar-refractivity contribution is 0.903. The Morgan fingerprint density at radius 3 is 3.05 bits per heavy atom. The van der Waals surface area contributed by atoms with E-state index in [1.807, 2.05) is 11.9 Å². The van der Waals surface area contributed by atoms with E-state index in [-0.39, 0.29) is 0 Å². The normalized spacial score (nSPS) is 10.9. The average molecular weight is 354 g/mol. The molecule has 9 heteroatoms. The fourth-order valence-corrected chi connectivity index (χ4v) is 3.15. The Bertz CT molecular complexity index is 737. The number of nitrogens with one attached hydrogen (secondary N) is 2. The molecule has 0 saturated heterocycles. The van der Waals surface area contributed by atoms with E-state index in [1.165, 1.54) is 5.56 Å². The molecule has 0 aliphatic rings. The Hall–Kier alpha value is -1.71. The van der Waals surface area contributed by atoms with Crippen molar-refractivity contribution in [2.45, 2.75) is 6.54 Å². The van der Waals surface area contributed by atoms with E-state index in [1.54, 1.807) is 17.5 Å². The summed E-state index contributed by atoms with van der Waals surface area (Å²) in [5.41, 5.74) is 4.33. The Labute approximate surface area is 127 Å². The lowest BCUT2D eigenvalue weighted by atomic mass is 10.3. The van der Waals surface area contributed by atoms with E-state index in [4.69, 9.17) is 5.84 Å². The molecular weight excluding hydrogens is 342 g/mol. The molecule has 3 heterocycles. The maximum Gasteiger partial charge on any atom is 0.241 e. The van der Waals surface area contributed by atoms with Gasteiger partial charge in [-0.2, -0.15) is 15.1 Å². The predicted octanol–water partition coefficient (Wildman–Crippen LogP) is 2.10. The molecule has 0 fully saturated rings. The van der Waals surface area contributed by atoms with Crippen LogP contribution >= 0.6 is 27.3 Å². The van der Waals surface area contributed by atoms with Crippen molar-refractivity contribution in [3.05, 3.63) is 27.0 Å². The zero-order chi connectivity index (χ0) is 14.1. The number of nitrogens with zero attached hydrogens (tertiary/aromatic N) is 4. The Morgan fingerprint density at radius 2 is 2.35 bits per heavy atom. The first-order valence-corrected chi connectivity index (χ1v) is 7.46. The lowest BCUT2D eigenvalue weighted by Crippen LogP contribution is -2.19. The molecule has 0 saturated carbocycles. The van der Waals surface area contributed by atoms with Crippen molar-refractivity contribution in [3.63, 3.8) is 0 Å². The summed E-state index contributed by atoms with van der Waals surface area (Å²) in [6.45, 7) is 0.739. The van der Waals surface area contributed by atoms with Gasteiger partial charge >= 0.3 is 0 Å². The SMILES string of the molecule is CN(Cc1csc(Br)c1)c1nc(NN)nc2[nH]ncc12. The number of hydrazine groups is 1. The number of fused-ring (bicyclic) bond motifs is 1. The van der Waals surface area contributed by atoms with Crippen molar-refractivity contribution in [2.24, 2.45) is 5.84 Å². The van der Waals surface area contributed by atoms with E-state index < -0.39 is 0 Å². The van der Waals surface area contributed by atoms with Gasteiger partial charge in [0, 0.05) is 13.6 Å². The van der Waals surface area contributed by atoms with Gasteiger partial charge in [0.2, 0.25) is 5.95 Å². The van der Waals surface area contributed by atoms with Crippen LogP contribution in [0.2, 0.25) is 0 Å². The van der Waals surface area contributed by atoms with Crippen molar-refractivity contribution in [2.75, 3.05) is 17.4 Å². The predicted molar refractivity (Wildman–Crippen MR) is 83.6 cm³/mol. The minimum absolute atomic E-state index is 0.357. The molecule has 0 bridgehead atoms. The molecule has 7 nitrogen and oxygen atoms in total. The maximum atomic E-state index is 5.40. The summed E-state index contributed by atoms with van der Waals surface area (Å²) in [4.78, 5) is 10.7. The molecule has 0 aliphatic heterocycles. The molecule has 104 valence electrons. The van der Waals surface area contributed by atoms with Crippen molar-refractivity contribution < 1.29 is 0 Å². The lowest BCUT2D eigenvalue weighted by Gasteiger charge is -2.18. The van der Waals surface area contributed by atoms with E-state index in [0.717, 1.165) is 21.5 Å². The van der Waals surface area contributed by atoms with Gasteiger partial charge in [-0.15, -0.1) is 11.3 Å². The van der Waals surface area contributed by atoms with Gasteiger partial charge in [0.1, 0.15) is 5.82 Å². The number of hydrogen-bond donors (Lipinski definition) is 3. The molecule has 3 aromatic rings. The first-order chi connectivity index (χ1) is 9.67. The van der Waals surface area contributed by atoms with Crippen molar-refractivity contribution in [1.29, 1.82) is 0 Å². The number of nitrogen functional groups attached to an aromatic ring is 1. The van der Waals surface area contributed by atoms with Crippen molar-refractivity contribution in [3.8, 4) is 0 Å². The minimum atomic E-state index is 0.357. The number of aromatic nitrogens is 4. The van der Waals surface area contributed by atoms with E-state index in [2.05, 4.69) is 53.0 Å². The molecule has 0 atom stereocenters. The highest BCUT2D eigenvalue weighted by atomic mass is 79.9. The highest BCUT2D eigenvalue weighted by Gasteiger charge is 2.13. The number of hydrogen-bond acceptors (Lipinski definition) is 7. The van der Waals surface area contributed by atoms with Crippen LogP contribution in [0, 0.1) is 0 Å². The standard InChI is InChI=1S/C11H12BrN7S/c1-19(4-6-2-8(12)20-5-6)10-7-3-14-18-9(7)15-11(16-10)17-13/h2-3,5H,4,13H2,1H3,(H2,14,15,16,17,18). The van der Waals surface area contributed by atoms with Gasteiger partial charge < -0.3 is 4.90 Å².